The van der Waals surface area contributed by atoms with Gasteiger partial charge >= 0.3 is 5.69 Å². The zero-order valence-corrected chi connectivity index (χ0v) is 21.7. The molecule has 1 aliphatic rings. The molecular formula is C26H37N7O3. The first kappa shape index (κ1) is 27.0. The summed E-state index contributed by atoms with van der Waals surface area (Å²) in [6.07, 6.45) is 0.874. The highest BCUT2D eigenvalue weighted by molar-refractivity contribution is 5.96. The van der Waals surface area contributed by atoms with Crippen LogP contribution in [0.25, 0.3) is 0 Å². The van der Waals surface area contributed by atoms with E-state index in [9.17, 15) is 14.4 Å². The quantitative estimate of drug-likeness (QED) is 0.571. The normalized spacial score (nSPS) is 14.6. The molecule has 0 bridgehead atoms. The fourth-order valence-corrected chi connectivity index (χ4v) is 4.48. The van der Waals surface area contributed by atoms with Crippen LogP contribution in [0.4, 0.5) is 17.2 Å². The van der Waals surface area contributed by atoms with Crippen molar-refractivity contribution < 1.29 is 4.79 Å². The molecular weight excluding hydrogens is 458 g/mol. The lowest BCUT2D eigenvalue weighted by Gasteiger charge is -2.29. The number of H-pyrrole nitrogens is 1. The molecule has 194 valence electrons. The van der Waals surface area contributed by atoms with Crippen LogP contribution in [0.15, 0.2) is 33.9 Å². The number of nitrogens with two attached hydrogens (primary N) is 1. The molecule has 0 radical (unpaired) electrons. The Morgan fingerprint density at radius 3 is 2.39 bits per heavy atom. The molecule has 1 fully saturated rings. The highest BCUT2D eigenvalue weighted by Crippen LogP contribution is 2.21. The van der Waals surface area contributed by atoms with E-state index in [0.717, 1.165) is 31.7 Å². The van der Waals surface area contributed by atoms with Gasteiger partial charge in [0.25, 0.3) is 5.56 Å². The Hall–Kier alpha value is -3.58. The molecule has 2 heterocycles. The second kappa shape index (κ2) is 11.9. The Morgan fingerprint density at radius 1 is 1.08 bits per heavy atom. The number of rotatable bonds is 8. The van der Waals surface area contributed by atoms with Gasteiger partial charge in [0, 0.05) is 45.0 Å². The van der Waals surface area contributed by atoms with E-state index in [4.69, 9.17) is 11.0 Å². The Kier molecular flexibility index (Phi) is 8.93. The van der Waals surface area contributed by atoms with E-state index in [2.05, 4.69) is 20.9 Å². The molecule has 3 N–H and O–H groups in total. The maximum Gasteiger partial charge on any atom is 0.330 e. The van der Waals surface area contributed by atoms with E-state index in [-0.39, 0.29) is 35.8 Å². The highest BCUT2D eigenvalue weighted by Gasteiger charge is 2.27. The van der Waals surface area contributed by atoms with Gasteiger partial charge in [-0.05, 0) is 42.5 Å². The van der Waals surface area contributed by atoms with Crippen LogP contribution in [0.2, 0.25) is 0 Å². The Labute approximate surface area is 211 Å². The molecule has 10 heteroatoms. The third-order valence-electron chi connectivity index (χ3n) is 6.19. The number of nitrogens with zero attached hydrogens (tertiary/aromatic N) is 5. The number of benzene rings is 1. The first-order valence-corrected chi connectivity index (χ1v) is 12.5. The average Bonchev–Trinajstić information content (AvgIpc) is 3.06. The van der Waals surface area contributed by atoms with Crippen molar-refractivity contribution in [2.45, 2.75) is 40.7 Å². The summed E-state index contributed by atoms with van der Waals surface area (Å²) in [5, 5.41) is 9.03. The van der Waals surface area contributed by atoms with Crippen molar-refractivity contribution in [2.24, 2.45) is 11.8 Å². The lowest BCUT2D eigenvalue weighted by Crippen LogP contribution is -2.47. The van der Waals surface area contributed by atoms with E-state index in [1.807, 2.05) is 52.0 Å². The van der Waals surface area contributed by atoms with Crippen molar-refractivity contribution in [2.75, 3.05) is 54.8 Å². The molecule has 0 spiro atoms. The van der Waals surface area contributed by atoms with Crippen molar-refractivity contribution >= 4 is 23.1 Å². The monoisotopic (exact) mass is 495 g/mol. The van der Waals surface area contributed by atoms with Crippen molar-refractivity contribution in [1.29, 1.82) is 5.26 Å². The Balaban J connectivity index is 1.80. The van der Waals surface area contributed by atoms with Crippen molar-refractivity contribution in [1.82, 2.24) is 14.5 Å². The lowest BCUT2D eigenvalue weighted by molar-refractivity contribution is -0.119. The van der Waals surface area contributed by atoms with Gasteiger partial charge in [0.05, 0.1) is 18.2 Å². The summed E-state index contributed by atoms with van der Waals surface area (Å²) in [7, 11) is 0. The van der Waals surface area contributed by atoms with Crippen LogP contribution in [0.3, 0.4) is 0 Å². The summed E-state index contributed by atoms with van der Waals surface area (Å²) in [5.74, 6) is 0.0279. The summed E-state index contributed by atoms with van der Waals surface area (Å²) in [6, 6.07) is 9.66. The molecule has 1 aromatic carbocycles. The zero-order valence-electron chi connectivity index (χ0n) is 21.7. The van der Waals surface area contributed by atoms with Gasteiger partial charge in [0.1, 0.15) is 5.82 Å². The zero-order chi connectivity index (χ0) is 26.4. The van der Waals surface area contributed by atoms with Gasteiger partial charge in [-0.1, -0.05) is 27.7 Å². The maximum atomic E-state index is 13.5. The van der Waals surface area contributed by atoms with Crippen LogP contribution >= 0.6 is 0 Å². The summed E-state index contributed by atoms with van der Waals surface area (Å²) in [5.41, 5.74) is 6.83. The van der Waals surface area contributed by atoms with Crippen molar-refractivity contribution in [3.05, 3.63) is 50.7 Å². The van der Waals surface area contributed by atoms with Gasteiger partial charge in [-0.3, -0.25) is 24.0 Å². The molecule has 0 saturated carbocycles. The molecule has 0 unspecified atom stereocenters. The van der Waals surface area contributed by atoms with E-state index in [1.165, 1.54) is 9.47 Å². The number of hydrogen-bond acceptors (Lipinski definition) is 7. The number of amides is 1. The van der Waals surface area contributed by atoms with Crippen molar-refractivity contribution in [3.8, 4) is 6.07 Å². The molecule has 10 nitrogen and oxygen atoms in total. The number of anilines is 3. The molecule has 1 aliphatic heterocycles. The first-order valence-electron chi connectivity index (χ1n) is 12.5. The minimum atomic E-state index is -0.644. The fraction of sp³-hybridized carbons (Fsp3) is 0.538. The van der Waals surface area contributed by atoms with Crippen LogP contribution in [0.1, 0.15) is 39.7 Å². The number of carbonyl (C=O) groups excluding carboxylic acids is 1. The SMILES string of the molecule is CC(C)CN(C(=O)CN1CCCN(c2ccc(C#N)cc2)CC1)c1c(N)n(CC(C)C)c(=O)[nH]c1=O. The average molecular weight is 496 g/mol. The largest absolute Gasteiger partial charge is 0.383 e. The van der Waals surface area contributed by atoms with Gasteiger partial charge < -0.3 is 15.5 Å². The van der Waals surface area contributed by atoms with Crippen molar-refractivity contribution in [3.63, 3.8) is 0 Å². The minimum Gasteiger partial charge on any atom is -0.383 e. The summed E-state index contributed by atoms with van der Waals surface area (Å²) >= 11 is 0. The standard InChI is InChI=1S/C26H37N7O3/c1-18(2)15-32(23-24(28)33(16-19(3)4)26(36)29-25(23)35)22(34)17-30-10-5-11-31(13-12-30)21-8-6-20(14-27)7-9-21/h6-9,18-19H,5,10-13,15-17,28H2,1-4H3,(H,29,35,36). The van der Waals surface area contributed by atoms with Gasteiger partial charge in [0.2, 0.25) is 5.91 Å². The minimum absolute atomic E-state index is 0.0225. The van der Waals surface area contributed by atoms with E-state index >= 15 is 0 Å². The number of aromatic amines is 1. The van der Waals surface area contributed by atoms with Crippen LogP contribution in [0, 0.1) is 23.2 Å². The maximum absolute atomic E-state index is 13.5. The number of nitriles is 1. The number of hydrogen-bond donors (Lipinski definition) is 2. The van der Waals surface area contributed by atoms with Gasteiger partial charge in [-0.2, -0.15) is 5.26 Å². The molecule has 0 aliphatic carbocycles. The van der Waals surface area contributed by atoms with Gasteiger partial charge in [-0.15, -0.1) is 0 Å². The summed E-state index contributed by atoms with van der Waals surface area (Å²) in [6.45, 7) is 11.7. The summed E-state index contributed by atoms with van der Waals surface area (Å²) in [4.78, 5) is 46.9. The Morgan fingerprint density at radius 2 is 1.78 bits per heavy atom. The van der Waals surface area contributed by atoms with Gasteiger partial charge in [-0.25, -0.2) is 4.79 Å². The van der Waals surface area contributed by atoms with E-state index in [1.54, 1.807) is 0 Å². The third kappa shape index (κ3) is 6.55. The first-order chi connectivity index (χ1) is 17.1. The van der Waals surface area contributed by atoms with Crippen LogP contribution in [0.5, 0.6) is 0 Å². The number of carbonyl (C=O) groups is 1. The molecule has 1 amide bonds. The predicted octanol–water partition coefficient (Wildman–Crippen LogP) is 1.85. The smallest absolute Gasteiger partial charge is 0.330 e. The topological polar surface area (TPSA) is 131 Å². The number of aromatic nitrogens is 2. The van der Waals surface area contributed by atoms with Crippen LogP contribution in [-0.4, -0.2) is 59.6 Å². The number of nitrogens with one attached hydrogen (secondary N) is 1. The molecule has 2 aromatic rings. The van der Waals surface area contributed by atoms with E-state index in [0.29, 0.717) is 25.2 Å². The highest BCUT2D eigenvalue weighted by atomic mass is 16.2. The number of nitrogen functional groups attached to an aromatic ring is 1. The Bertz CT molecular complexity index is 1210. The molecule has 1 aromatic heterocycles. The second-order valence-electron chi connectivity index (χ2n) is 10.2. The lowest BCUT2D eigenvalue weighted by atomic mass is 10.2. The molecule has 36 heavy (non-hydrogen) atoms. The van der Waals surface area contributed by atoms with Crippen LogP contribution < -0.4 is 26.8 Å². The summed E-state index contributed by atoms with van der Waals surface area (Å²) < 4.78 is 1.34. The molecule has 0 atom stereocenters. The predicted molar refractivity (Wildman–Crippen MR) is 142 cm³/mol. The third-order valence-corrected chi connectivity index (χ3v) is 6.19. The fourth-order valence-electron chi connectivity index (χ4n) is 4.48. The van der Waals surface area contributed by atoms with Crippen LogP contribution in [-0.2, 0) is 11.3 Å². The van der Waals surface area contributed by atoms with Gasteiger partial charge in [0.15, 0.2) is 5.69 Å². The molecule has 1 saturated heterocycles. The van der Waals surface area contributed by atoms with E-state index < -0.39 is 11.2 Å². The molecule has 3 rings (SSSR count). The second-order valence-corrected chi connectivity index (χ2v) is 10.2.